The first-order chi connectivity index (χ1) is 14.4. The smallest absolute Gasteiger partial charge is 0.134 e. The first-order valence-corrected chi connectivity index (χ1v) is 10.1. The Morgan fingerprint density at radius 2 is 1.59 bits per heavy atom. The van der Waals surface area contributed by atoms with Gasteiger partial charge in [0.05, 0.1) is 26.4 Å². The number of hydrogen-bond donors (Lipinski definition) is 1. The largest absolute Gasteiger partial charge is 0.374 e. The van der Waals surface area contributed by atoms with Gasteiger partial charge in [-0.05, 0) is 16.7 Å². The lowest BCUT2D eigenvalue weighted by Gasteiger charge is -2.24. The van der Waals surface area contributed by atoms with Gasteiger partial charge < -0.3 is 14.2 Å². The summed E-state index contributed by atoms with van der Waals surface area (Å²) >= 11 is 0. The van der Waals surface area contributed by atoms with Crippen LogP contribution >= 0.6 is 0 Å². The maximum Gasteiger partial charge on any atom is 0.134 e. The fraction of sp³-hybridized carbons (Fsp3) is 0.280. The molecule has 1 fully saturated rings. The van der Waals surface area contributed by atoms with Crippen LogP contribution in [0.25, 0.3) is 0 Å². The molecule has 3 aromatic rings. The Labute approximate surface area is 172 Å². The standard InChI is InChI=1S/C25H27NO3/c1-3-9-20(10-4-1)19-27-17-18-28-24(21-11-5-2-6-12-21)22-13-7-8-14-23(22)25-26-15-16-29-25/h1-14,24-26H,15-19H2. The Kier molecular flexibility index (Phi) is 7.05. The molecule has 0 saturated carbocycles. The number of nitrogens with one attached hydrogen (secondary N) is 1. The first-order valence-electron chi connectivity index (χ1n) is 10.1. The van der Waals surface area contributed by atoms with E-state index in [-0.39, 0.29) is 12.3 Å². The van der Waals surface area contributed by atoms with Crippen molar-refractivity contribution in [2.45, 2.75) is 18.9 Å². The number of hydrogen-bond acceptors (Lipinski definition) is 4. The fourth-order valence-corrected chi connectivity index (χ4v) is 3.60. The summed E-state index contributed by atoms with van der Waals surface area (Å²) in [5.41, 5.74) is 4.55. The van der Waals surface area contributed by atoms with Crippen LogP contribution in [0.15, 0.2) is 84.9 Å². The van der Waals surface area contributed by atoms with Gasteiger partial charge in [0.25, 0.3) is 0 Å². The molecular formula is C25H27NO3. The Balaban J connectivity index is 1.45. The van der Waals surface area contributed by atoms with Crippen LogP contribution in [-0.2, 0) is 20.8 Å². The summed E-state index contributed by atoms with van der Waals surface area (Å²) in [5, 5.41) is 3.41. The van der Waals surface area contributed by atoms with E-state index >= 15 is 0 Å². The normalized spacial score (nSPS) is 17.3. The zero-order chi connectivity index (χ0) is 19.7. The van der Waals surface area contributed by atoms with Crippen molar-refractivity contribution in [3.63, 3.8) is 0 Å². The van der Waals surface area contributed by atoms with E-state index in [1.54, 1.807) is 0 Å². The van der Waals surface area contributed by atoms with Crippen molar-refractivity contribution in [3.8, 4) is 0 Å². The van der Waals surface area contributed by atoms with E-state index in [1.807, 2.05) is 42.5 Å². The third kappa shape index (κ3) is 5.31. The summed E-state index contributed by atoms with van der Waals surface area (Å²) in [6.45, 7) is 3.24. The molecular weight excluding hydrogens is 362 g/mol. The third-order valence-corrected chi connectivity index (χ3v) is 5.00. The van der Waals surface area contributed by atoms with Crippen LogP contribution in [0.4, 0.5) is 0 Å². The Morgan fingerprint density at radius 1 is 0.862 bits per heavy atom. The minimum Gasteiger partial charge on any atom is -0.374 e. The number of ether oxygens (including phenoxy) is 3. The summed E-state index contributed by atoms with van der Waals surface area (Å²) in [7, 11) is 0. The molecule has 4 heteroatoms. The van der Waals surface area contributed by atoms with Gasteiger partial charge in [0.1, 0.15) is 12.3 Å². The molecule has 1 heterocycles. The van der Waals surface area contributed by atoms with Gasteiger partial charge in [0, 0.05) is 12.1 Å². The van der Waals surface area contributed by atoms with Gasteiger partial charge in [-0.25, -0.2) is 0 Å². The van der Waals surface area contributed by atoms with Gasteiger partial charge in [-0.2, -0.15) is 0 Å². The van der Waals surface area contributed by atoms with E-state index < -0.39 is 0 Å². The Bertz CT molecular complexity index is 864. The van der Waals surface area contributed by atoms with Gasteiger partial charge in [-0.15, -0.1) is 0 Å². The Hall–Kier alpha value is -2.50. The fourth-order valence-electron chi connectivity index (χ4n) is 3.60. The molecule has 0 spiro atoms. The molecule has 4 rings (SSSR count). The molecule has 1 aliphatic rings. The summed E-state index contributed by atoms with van der Waals surface area (Å²) in [5.74, 6) is 0. The Morgan fingerprint density at radius 3 is 2.34 bits per heavy atom. The molecule has 3 aromatic carbocycles. The van der Waals surface area contributed by atoms with Crippen LogP contribution < -0.4 is 5.32 Å². The topological polar surface area (TPSA) is 39.7 Å². The van der Waals surface area contributed by atoms with E-state index in [0.717, 1.165) is 29.8 Å². The molecule has 0 bridgehead atoms. The molecule has 2 unspecified atom stereocenters. The van der Waals surface area contributed by atoms with Crippen molar-refractivity contribution in [1.82, 2.24) is 5.32 Å². The van der Waals surface area contributed by atoms with E-state index in [1.165, 1.54) is 5.56 Å². The quantitative estimate of drug-likeness (QED) is 0.542. The molecule has 29 heavy (non-hydrogen) atoms. The van der Waals surface area contributed by atoms with Crippen LogP contribution in [0.3, 0.4) is 0 Å². The summed E-state index contributed by atoms with van der Waals surface area (Å²) in [6, 6.07) is 28.9. The molecule has 0 radical (unpaired) electrons. The second-order valence-corrected chi connectivity index (χ2v) is 7.03. The van der Waals surface area contributed by atoms with Crippen molar-refractivity contribution in [2.75, 3.05) is 26.4 Å². The second-order valence-electron chi connectivity index (χ2n) is 7.03. The minimum absolute atomic E-state index is 0.0876. The van der Waals surface area contributed by atoms with Crippen molar-refractivity contribution >= 4 is 0 Å². The highest BCUT2D eigenvalue weighted by atomic mass is 16.5. The summed E-state index contributed by atoms with van der Waals surface area (Å²) in [6.07, 6.45) is -0.255. The lowest BCUT2D eigenvalue weighted by molar-refractivity contribution is 0.0128. The average molecular weight is 389 g/mol. The second kappa shape index (κ2) is 10.3. The van der Waals surface area contributed by atoms with Crippen molar-refractivity contribution < 1.29 is 14.2 Å². The van der Waals surface area contributed by atoms with E-state index in [0.29, 0.717) is 19.8 Å². The molecule has 1 aliphatic heterocycles. The highest BCUT2D eigenvalue weighted by molar-refractivity contribution is 5.37. The maximum absolute atomic E-state index is 6.34. The van der Waals surface area contributed by atoms with Gasteiger partial charge >= 0.3 is 0 Å². The molecule has 0 aromatic heterocycles. The van der Waals surface area contributed by atoms with E-state index in [2.05, 4.69) is 47.8 Å². The predicted molar refractivity (Wildman–Crippen MR) is 113 cm³/mol. The zero-order valence-corrected chi connectivity index (χ0v) is 16.5. The molecule has 2 atom stereocenters. The highest BCUT2D eigenvalue weighted by Gasteiger charge is 2.25. The highest BCUT2D eigenvalue weighted by Crippen LogP contribution is 2.32. The van der Waals surface area contributed by atoms with Gasteiger partial charge in [0.15, 0.2) is 0 Å². The monoisotopic (exact) mass is 389 g/mol. The van der Waals surface area contributed by atoms with Crippen molar-refractivity contribution in [1.29, 1.82) is 0 Å². The SMILES string of the molecule is c1ccc(COCCOC(c2ccccc2)c2ccccc2C2NCCO2)cc1. The molecule has 4 nitrogen and oxygen atoms in total. The lowest BCUT2D eigenvalue weighted by Crippen LogP contribution is -2.19. The van der Waals surface area contributed by atoms with Crippen LogP contribution in [0.2, 0.25) is 0 Å². The molecule has 1 saturated heterocycles. The first kappa shape index (κ1) is 19.8. The van der Waals surface area contributed by atoms with Gasteiger partial charge in [0.2, 0.25) is 0 Å². The minimum atomic E-state index is -0.168. The number of benzene rings is 3. The predicted octanol–water partition coefficient (Wildman–Crippen LogP) is 4.63. The van der Waals surface area contributed by atoms with E-state index in [4.69, 9.17) is 14.2 Å². The number of rotatable bonds is 9. The average Bonchev–Trinajstić information content (AvgIpc) is 3.32. The van der Waals surface area contributed by atoms with E-state index in [9.17, 15) is 0 Å². The van der Waals surface area contributed by atoms with Crippen molar-refractivity contribution in [3.05, 3.63) is 107 Å². The lowest BCUT2D eigenvalue weighted by atomic mass is 9.95. The molecule has 150 valence electrons. The van der Waals surface area contributed by atoms with Crippen molar-refractivity contribution in [2.24, 2.45) is 0 Å². The van der Waals surface area contributed by atoms with Gasteiger partial charge in [-0.1, -0.05) is 84.9 Å². The summed E-state index contributed by atoms with van der Waals surface area (Å²) < 4.78 is 18.0. The van der Waals surface area contributed by atoms with Crippen LogP contribution in [0, 0.1) is 0 Å². The maximum atomic E-state index is 6.34. The molecule has 0 amide bonds. The third-order valence-electron chi connectivity index (χ3n) is 5.00. The molecule has 0 aliphatic carbocycles. The van der Waals surface area contributed by atoms with Crippen LogP contribution in [0.1, 0.15) is 34.6 Å². The molecule has 1 N–H and O–H groups in total. The zero-order valence-electron chi connectivity index (χ0n) is 16.5. The van der Waals surface area contributed by atoms with Gasteiger partial charge in [-0.3, -0.25) is 5.32 Å². The van der Waals surface area contributed by atoms with Crippen LogP contribution in [0.5, 0.6) is 0 Å². The van der Waals surface area contributed by atoms with Crippen LogP contribution in [-0.4, -0.2) is 26.4 Å². The summed E-state index contributed by atoms with van der Waals surface area (Å²) in [4.78, 5) is 0.